The van der Waals surface area contributed by atoms with Crippen LogP contribution in [0.3, 0.4) is 0 Å². The molecule has 0 atom stereocenters. The van der Waals surface area contributed by atoms with Gasteiger partial charge in [0.1, 0.15) is 16.5 Å². The first-order chi connectivity index (χ1) is 8.38. The van der Waals surface area contributed by atoms with Crippen LogP contribution in [0.4, 0.5) is 10.1 Å². The van der Waals surface area contributed by atoms with E-state index in [-0.39, 0.29) is 27.3 Å². The fourth-order valence-electron chi connectivity index (χ4n) is 1.34. The number of rotatable bonds is 2. The zero-order valence-corrected chi connectivity index (χ0v) is 10.9. The minimum Gasteiger partial charge on any atom is -0.333 e. The molecule has 0 fully saturated rings. The summed E-state index contributed by atoms with van der Waals surface area (Å²) in [5, 5.41) is 2.87. The minimum atomic E-state index is -3.91. The van der Waals surface area contributed by atoms with Gasteiger partial charge in [0.2, 0.25) is 0 Å². The van der Waals surface area contributed by atoms with Gasteiger partial charge in [-0.3, -0.25) is 4.79 Å². The molecule has 0 radical (unpaired) electrons. The highest BCUT2D eigenvalue weighted by Gasteiger charge is 2.25. The Morgan fingerprint density at radius 2 is 2.22 bits per heavy atom. The van der Waals surface area contributed by atoms with Crippen molar-refractivity contribution in [1.29, 1.82) is 0 Å². The first kappa shape index (κ1) is 13.0. The lowest BCUT2D eigenvalue weighted by molar-refractivity contribution is -0.114. The van der Waals surface area contributed by atoms with Crippen LogP contribution in [0.5, 0.6) is 0 Å². The largest absolute Gasteiger partial charge is 0.333 e. The summed E-state index contributed by atoms with van der Waals surface area (Å²) in [5.41, 5.74) is 0.262. The molecule has 0 amide bonds. The van der Waals surface area contributed by atoms with Crippen LogP contribution in [0, 0.1) is 5.82 Å². The molecule has 1 aliphatic rings. The molecule has 0 aromatic heterocycles. The van der Waals surface area contributed by atoms with Gasteiger partial charge in [0, 0.05) is 0 Å². The molecule has 0 saturated heterocycles. The van der Waals surface area contributed by atoms with E-state index in [0.717, 1.165) is 23.9 Å². The average Bonchev–Trinajstić information content (AvgIpc) is 2.27. The van der Waals surface area contributed by atoms with Crippen molar-refractivity contribution in [2.75, 3.05) is 11.1 Å². The van der Waals surface area contributed by atoms with Crippen LogP contribution in [0.1, 0.15) is 6.92 Å². The lowest BCUT2D eigenvalue weighted by Crippen LogP contribution is -2.20. The van der Waals surface area contributed by atoms with Crippen molar-refractivity contribution in [3.8, 4) is 0 Å². The molecule has 1 aliphatic heterocycles. The number of anilines is 1. The van der Waals surface area contributed by atoms with Gasteiger partial charge in [0.25, 0.3) is 10.0 Å². The molecule has 18 heavy (non-hydrogen) atoms. The van der Waals surface area contributed by atoms with Crippen molar-refractivity contribution in [2.24, 2.45) is 4.40 Å². The predicted octanol–water partition coefficient (Wildman–Crippen LogP) is 1.62. The monoisotopic (exact) mass is 288 g/mol. The second-order valence-corrected chi connectivity index (χ2v) is 6.16. The third kappa shape index (κ3) is 2.70. The van der Waals surface area contributed by atoms with Crippen molar-refractivity contribution < 1.29 is 17.6 Å². The van der Waals surface area contributed by atoms with Crippen molar-refractivity contribution in [3.05, 3.63) is 24.0 Å². The Hall–Kier alpha value is -1.41. The number of nitrogens with zero attached hydrogens (tertiary/aromatic N) is 1. The smallest absolute Gasteiger partial charge is 0.286 e. The summed E-state index contributed by atoms with van der Waals surface area (Å²) in [5.74, 6) is -0.612. The second kappa shape index (κ2) is 4.69. The van der Waals surface area contributed by atoms with E-state index >= 15 is 0 Å². The van der Waals surface area contributed by atoms with Crippen LogP contribution in [0.15, 0.2) is 27.5 Å². The van der Waals surface area contributed by atoms with Crippen LogP contribution in [-0.2, 0) is 14.8 Å². The molecule has 8 heteroatoms. The van der Waals surface area contributed by atoms with E-state index in [0.29, 0.717) is 0 Å². The number of sulfonamides is 1. The highest BCUT2D eigenvalue weighted by atomic mass is 32.2. The van der Waals surface area contributed by atoms with Gasteiger partial charge in [0.15, 0.2) is 5.17 Å². The molecule has 2 rings (SSSR count). The Bertz CT molecular complexity index is 641. The predicted molar refractivity (Wildman–Crippen MR) is 67.8 cm³/mol. The van der Waals surface area contributed by atoms with Gasteiger partial charge < -0.3 is 5.32 Å². The number of ketones is 1. The van der Waals surface area contributed by atoms with Crippen LogP contribution in [0.2, 0.25) is 0 Å². The molecular formula is C10H9FN2O3S2. The Morgan fingerprint density at radius 1 is 1.50 bits per heavy atom. The summed E-state index contributed by atoms with van der Waals surface area (Å²) in [6.45, 7) is 1.40. The fraction of sp³-hybridized carbons (Fsp3) is 0.200. The highest BCUT2D eigenvalue weighted by molar-refractivity contribution is 8.15. The number of fused-ring (bicyclic) bond motifs is 1. The van der Waals surface area contributed by atoms with Crippen LogP contribution < -0.4 is 5.32 Å². The first-order valence-corrected chi connectivity index (χ1v) is 7.35. The molecule has 1 heterocycles. The van der Waals surface area contributed by atoms with E-state index < -0.39 is 15.8 Å². The number of carbonyl (C=O) groups is 1. The van der Waals surface area contributed by atoms with Gasteiger partial charge in [0.05, 0.1) is 11.4 Å². The molecule has 1 N–H and O–H groups in total. The summed E-state index contributed by atoms with van der Waals surface area (Å²) < 4.78 is 40.1. The van der Waals surface area contributed by atoms with Crippen molar-refractivity contribution in [2.45, 2.75) is 11.8 Å². The van der Waals surface area contributed by atoms with Crippen LogP contribution >= 0.6 is 11.8 Å². The number of hydrogen-bond acceptors (Lipinski definition) is 5. The quantitative estimate of drug-likeness (QED) is 0.895. The van der Waals surface area contributed by atoms with E-state index in [2.05, 4.69) is 9.71 Å². The molecule has 1 aromatic rings. The molecular weight excluding hydrogens is 279 g/mol. The van der Waals surface area contributed by atoms with Gasteiger partial charge in [-0.25, -0.2) is 4.39 Å². The maximum Gasteiger partial charge on any atom is 0.286 e. The van der Waals surface area contributed by atoms with Gasteiger partial charge in [-0.15, -0.1) is 4.40 Å². The molecule has 0 bridgehead atoms. The molecule has 0 saturated carbocycles. The number of nitrogens with one attached hydrogen (secondary N) is 1. The second-order valence-electron chi connectivity index (χ2n) is 3.63. The lowest BCUT2D eigenvalue weighted by atomic mass is 10.3. The topological polar surface area (TPSA) is 75.6 Å². The Balaban J connectivity index is 2.36. The third-order valence-corrected chi connectivity index (χ3v) is 4.53. The molecule has 5 nitrogen and oxygen atoms in total. The van der Waals surface area contributed by atoms with E-state index in [9.17, 15) is 17.6 Å². The Morgan fingerprint density at radius 3 is 2.89 bits per heavy atom. The van der Waals surface area contributed by atoms with Crippen LogP contribution in [-0.4, -0.2) is 25.1 Å². The Kier molecular flexibility index (Phi) is 3.40. The molecule has 1 aromatic carbocycles. The van der Waals surface area contributed by atoms with Crippen molar-refractivity contribution >= 4 is 38.4 Å². The SMILES string of the molecule is CC(=O)CSC1=NS(=O)(=O)c2cc(F)ccc2N1. The average molecular weight is 288 g/mol. The number of carbonyl (C=O) groups excluding carboxylic acids is 1. The number of halogens is 1. The standard InChI is InChI=1S/C10H9FN2O3S2/c1-6(14)5-17-10-12-8-3-2-7(11)4-9(8)18(15,16)13-10/h2-4H,5H2,1H3,(H,12,13). The van der Waals surface area contributed by atoms with E-state index in [1.165, 1.54) is 13.0 Å². The van der Waals surface area contributed by atoms with E-state index in [4.69, 9.17) is 0 Å². The molecule has 96 valence electrons. The number of thioether (sulfide) groups is 1. The van der Waals surface area contributed by atoms with E-state index in [1.807, 2.05) is 0 Å². The Labute approximate surface area is 108 Å². The van der Waals surface area contributed by atoms with Crippen molar-refractivity contribution in [3.63, 3.8) is 0 Å². The first-order valence-electron chi connectivity index (χ1n) is 4.92. The maximum atomic E-state index is 13.0. The maximum absolute atomic E-state index is 13.0. The summed E-state index contributed by atoms with van der Waals surface area (Å²) in [6.07, 6.45) is 0. The zero-order chi connectivity index (χ0) is 13.3. The molecule has 0 unspecified atom stereocenters. The highest BCUT2D eigenvalue weighted by Crippen LogP contribution is 2.29. The normalized spacial score (nSPS) is 16.4. The zero-order valence-electron chi connectivity index (χ0n) is 9.31. The van der Waals surface area contributed by atoms with Gasteiger partial charge >= 0.3 is 0 Å². The number of amidine groups is 1. The summed E-state index contributed by atoms with van der Waals surface area (Å²) in [7, 11) is -3.91. The number of benzene rings is 1. The summed E-state index contributed by atoms with van der Waals surface area (Å²) in [6, 6.07) is 3.39. The number of hydrogen-bond donors (Lipinski definition) is 1. The van der Waals surface area contributed by atoms with Gasteiger partial charge in [-0.1, -0.05) is 11.8 Å². The van der Waals surface area contributed by atoms with Gasteiger partial charge in [-0.2, -0.15) is 8.42 Å². The third-order valence-electron chi connectivity index (χ3n) is 2.08. The van der Waals surface area contributed by atoms with Gasteiger partial charge in [-0.05, 0) is 25.1 Å². The summed E-state index contributed by atoms with van der Waals surface area (Å²) in [4.78, 5) is 10.6. The summed E-state index contributed by atoms with van der Waals surface area (Å²) >= 11 is 0.992. The van der Waals surface area contributed by atoms with Crippen molar-refractivity contribution in [1.82, 2.24) is 0 Å². The molecule has 0 aliphatic carbocycles. The van der Waals surface area contributed by atoms with E-state index in [1.54, 1.807) is 0 Å². The molecule has 0 spiro atoms. The number of Topliss-reactive ketones (excluding diaryl/α,β-unsaturated/α-hetero) is 1. The minimum absolute atomic E-state index is 0.0909. The fourth-order valence-corrected chi connectivity index (χ4v) is 3.39. The van der Waals surface area contributed by atoms with Crippen LogP contribution in [0.25, 0.3) is 0 Å². The lowest BCUT2D eigenvalue weighted by Gasteiger charge is -2.17.